The van der Waals surface area contributed by atoms with E-state index < -0.39 is 5.91 Å². The Labute approximate surface area is 178 Å². The van der Waals surface area contributed by atoms with Gasteiger partial charge < -0.3 is 9.88 Å². The van der Waals surface area contributed by atoms with Gasteiger partial charge in [-0.25, -0.2) is 9.97 Å². The van der Waals surface area contributed by atoms with Crippen LogP contribution >= 0.6 is 0 Å². The number of aryl methyl sites for hydroxylation is 1. The van der Waals surface area contributed by atoms with Gasteiger partial charge in [0.1, 0.15) is 17.8 Å². The lowest BCUT2D eigenvalue weighted by Crippen LogP contribution is -2.26. The van der Waals surface area contributed by atoms with E-state index in [1.54, 1.807) is 47.2 Å². The first-order valence-corrected chi connectivity index (χ1v) is 9.51. The summed E-state index contributed by atoms with van der Waals surface area (Å²) in [6.07, 6.45) is 3.62. The lowest BCUT2D eigenvalue weighted by molar-refractivity contribution is -0.120. The van der Waals surface area contributed by atoms with E-state index in [4.69, 9.17) is 0 Å². The van der Waals surface area contributed by atoms with Crippen LogP contribution in [0, 0.1) is 0 Å². The summed E-state index contributed by atoms with van der Waals surface area (Å²) in [7, 11) is 1.82. The van der Waals surface area contributed by atoms with E-state index in [9.17, 15) is 14.4 Å². The lowest BCUT2D eigenvalue weighted by Gasteiger charge is -2.15. The first-order valence-electron chi connectivity index (χ1n) is 9.51. The number of nitrogens with one attached hydrogen (secondary N) is 1. The smallest absolute Gasteiger partial charge is 0.230 e. The Kier molecular flexibility index (Phi) is 5.28. The van der Waals surface area contributed by atoms with E-state index >= 15 is 0 Å². The number of ketones is 1. The number of hydrogen-bond acceptors (Lipinski definition) is 6. The molecule has 2 amide bonds. The van der Waals surface area contributed by atoms with Gasteiger partial charge in [-0.2, -0.15) is 0 Å². The third-order valence-corrected chi connectivity index (χ3v) is 4.87. The second-order valence-electron chi connectivity index (χ2n) is 6.94. The summed E-state index contributed by atoms with van der Waals surface area (Å²) in [4.78, 5) is 45.8. The Morgan fingerprint density at radius 2 is 1.84 bits per heavy atom. The second-order valence-corrected chi connectivity index (χ2v) is 6.94. The molecule has 0 saturated carbocycles. The predicted octanol–water partition coefficient (Wildman–Crippen LogP) is 3.45. The molecule has 0 radical (unpaired) electrons. The summed E-state index contributed by atoms with van der Waals surface area (Å²) >= 11 is 0. The van der Waals surface area contributed by atoms with Gasteiger partial charge in [0.15, 0.2) is 5.78 Å². The molecule has 4 aromatic rings. The predicted molar refractivity (Wildman–Crippen MR) is 117 cm³/mol. The normalized spacial score (nSPS) is 10.6. The number of carbonyl (C=O) groups is 3. The number of carbonyl (C=O) groups excluding carboxylic acids is 3. The van der Waals surface area contributed by atoms with Crippen molar-refractivity contribution in [3.8, 4) is 0 Å². The quantitative estimate of drug-likeness (QED) is 0.384. The van der Waals surface area contributed by atoms with Crippen LogP contribution in [0.1, 0.15) is 22.8 Å². The highest BCUT2D eigenvalue weighted by Gasteiger charge is 2.20. The molecule has 0 saturated heterocycles. The second kappa shape index (κ2) is 8.19. The number of benzene rings is 2. The fourth-order valence-electron chi connectivity index (χ4n) is 3.41. The molecule has 0 spiro atoms. The highest BCUT2D eigenvalue weighted by atomic mass is 16.2. The molecule has 0 atom stereocenters. The summed E-state index contributed by atoms with van der Waals surface area (Å²) in [6.45, 7) is 1.31. The molecule has 4 rings (SSSR count). The molecule has 0 aliphatic heterocycles. The van der Waals surface area contributed by atoms with Crippen molar-refractivity contribution in [3.63, 3.8) is 0 Å². The molecule has 2 aromatic carbocycles. The Bertz CT molecular complexity index is 1300. The van der Waals surface area contributed by atoms with Crippen molar-refractivity contribution in [3.05, 3.63) is 78.2 Å². The van der Waals surface area contributed by atoms with Crippen molar-refractivity contribution in [1.82, 2.24) is 14.5 Å². The fraction of sp³-hybridized carbons (Fsp3) is 0.0870. The fourth-order valence-corrected chi connectivity index (χ4v) is 3.41. The van der Waals surface area contributed by atoms with Crippen LogP contribution in [0.2, 0.25) is 0 Å². The van der Waals surface area contributed by atoms with Crippen LogP contribution in [0.3, 0.4) is 0 Å². The van der Waals surface area contributed by atoms with Gasteiger partial charge in [-0.15, -0.1) is 0 Å². The molecule has 0 bridgehead atoms. The lowest BCUT2D eigenvalue weighted by atomic mass is 10.0. The number of nitrogens with zero attached hydrogens (tertiary/aromatic N) is 4. The minimum Gasteiger partial charge on any atom is -0.339 e. The topological polar surface area (TPSA) is 97.2 Å². The summed E-state index contributed by atoms with van der Waals surface area (Å²) in [5, 5.41) is 3.78. The zero-order valence-corrected chi connectivity index (χ0v) is 16.9. The van der Waals surface area contributed by atoms with Crippen LogP contribution in [-0.2, 0) is 16.6 Å². The zero-order chi connectivity index (χ0) is 22.0. The van der Waals surface area contributed by atoms with Crippen molar-refractivity contribution < 1.29 is 14.4 Å². The molecule has 31 heavy (non-hydrogen) atoms. The molecule has 154 valence electrons. The molecule has 0 aliphatic carbocycles. The number of hydrogen-bond donors (Lipinski definition) is 1. The van der Waals surface area contributed by atoms with Crippen molar-refractivity contribution >= 4 is 46.3 Å². The average molecular weight is 413 g/mol. The highest BCUT2D eigenvalue weighted by Crippen LogP contribution is 2.30. The van der Waals surface area contributed by atoms with Gasteiger partial charge in [-0.1, -0.05) is 36.4 Å². The minimum atomic E-state index is -0.393. The van der Waals surface area contributed by atoms with Crippen molar-refractivity contribution in [2.24, 2.45) is 7.05 Å². The molecule has 0 fully saturated rings. The van der Waals surface area contributed by atoms with E-state index in [-0.39, 0.29) is 5.78 Å². The third kappa shape index (κ3) is 3.78. The number of fused-ring (bicyclic) bond motifs is 1. The zero-order valence-electron chi connectivity index (χ0n) is 16.9. The van der Waals surface area contributed by atoms with Crippen molar-refractivity contribution in [2.75, 3.05) is 10.2 Å². The molecular weight excluding hydrogens is 394 g/mol. The monoisotopic (exact) mass is 413 g/mol. The highest BCUT2D eigenvalue weighted by molar-refractivity contribution is 6.18. The van der Waals surface area contributed by atoms with Gasteiger partial charge in [0.05, 0.1) is 16.6 Å². The summed E-state index contributed by atoms with van der Waals surface area (Å²) in [6, 6.07) is 15.8. The number of rotatable bonds is 6. The van der Waals surface area contributed by atoms with Crippen LogP contribution < -0.4 is 10.2 Å². The molecule has 0 aliphatic rings. The van der Waals surface area contributed by atoms with Gasteiger partial charge in [0.25, 0.3) is 0 Å². The van der Waals surface area contributed by atoms with E-state index in [1.165, 1.54) is 13.3 Å². The minimum absolute atomic E-state index is 0.137. The Morgan fingerprint density at radius 3 is 2.55 bits per heavy atom. The van der Waals surface area contributed by atoms with Gasteiger partial charge in [0, 0.05) is 31.4 Å². The van der Waals surface area contributed by atoms with Gasteiger partial charge in [-0.05, 0) is 18.2 Å². The van der Waals surface area contributed by atoms with Crippen LogP contribution in [0.5, 0.6) is 0 Å². The maximum Gasteiger partial charge on any atom is 0.230 e. The van der Waals surface area contributed by atoms with Crippen LogP contribution in [0.25, 0.3) is 11.0 Å². The maximum absolute atomic E-state index is 13.2. The third-order valence-electron chi connectivity index (χ3n) is 4.87. The van der Waals surface area contributed by atoms with Gasteiger partial charge in [0.2, 0.25) is 12.3 Å². The summed E-state index contributed by atoms with van der Waals surface area (Å²) in [5.74, 6) is -0.0839. The van der Waals surface area contributed by atoms with Crippen LogP contribution in [0.4, 0.5) is 17.2 Å². The Balaban J connectivity index is 1.78. The Hall–Kier alpha value is -4.33. The first-order chi connectivity index (χ1) is 15.0. The molecule has 8 heteroatoms. The molecular formula is C23H19N5O3. The van der Waals surface area contributed by atoms with Crippen LogP contribution in [-0.4, -0.2) is 32.6 Å². The van der Waals surface area contributed by atoms with Crippen molar-refractivity contribution in [2.45, 2.75) is 6.92 Å². The number of anilines is 3. The molecule has 2 aromatic heterocycles. The molecule has 8 nitrogen and oxygen atoms in total. The van der Waals surface area contributed by atoms with E-state index in [1.807, 2.05) is 25.2 Å². The van der Waals surface area contributed by atoms with E-state index in [0.717, 1.165) is 4.90 Å². The maximum atomic E-state index is 13.2. The standard InChI is InChI=1S/C23H19N5O3/c1-15(30)28(14-29)18-10-6-9-17(11-18)26-22-20-19(12-27(2)23(20)25-13-24-22)21(31)16-7-4-3-5-8-16/h3-14H,1-2H3,(H,24,25,26). The van der Waals surface area contributed by atoms with Crippen LogP contribution in [0.15, 0.2) is 67.1 Å². The van der Waals surface area contributed by atoms with Gasteiger partial charge >= 0.3 is 0 Å². The van der Waals surface area contributed by atoms with E-state index in [0.29, 0.717) is 45.8 Å². The Morgan fingerprint density at radius 1 is 1.06 bits per heavy atom. The average Bonchev–Trinajstić information content (AvgIpc) is 3.12. The molecule has 0 unspecified atom stereocenters. The largest absolute Gasteiger partial charge is 0.339 e. The van der Waals surface area contributed by atoms with Crippen molar-refractivity contribution in [1.29, 1.82) is 0 Å². The molecule has 1 N–H and O–H groups in total. The summed E-state index contributed by atoms with van der Waals surface area (Å²) < 4.78 is 1.78. The van der Waals surface area contributed by atoms with Gasteiger partial charge in [-0.3, -0.25) is 19.3 Å². The van der Waals surface area contributed by atoms with E-state index in [2.05, 4.69) is 15.3 Å². The molecule has 2 heterocycles. The summed E-state index contributed by atoms with van der Waals surface area (Å²) in [5.41, 5.74) is 2.67. The first kappa shape index (κ1) is 20.0. The number of imide groups is 1. The number of amides is 2. The SMILES string of the molecule is CC(=O)N(C=O)c1cccc(Nc2ncnc3c2c(C(=O)c2ccccc2)cn3C)c1. The number of aromatic nitrogens is 3.